The van der Waals surface area contributed by atoms with E-state index in [1.165, 1.54) is 0 Å². The topological polar surface area (TPSA) is 116 Å². The van der Waals surface area contributed by atoms with Crippen molar-refractivity contribution in [2.45, 2.75) is 6.92 Å². The summed E-state index contributed by atoms with van der Waals surface area (Å²) in [5, 5.41) is 12.4. The summed E-state index contributed by atoms with van der Waals surface area (Å²) < 4.78 is 4.81. The first-order chi connectivity index (χ1) is 14.6. The highest BCUT2D eigenvalue weighted by atomic mass is 32.1. The van der Waals surface area contributed by atoms with Gasteiger partial charge in [0.25, 0.3) is 5.78 Å². The van der Waals surface area contributed by atoms with Crippen molar-refractivity contribution in [3.8, 4) is 16.5 Å². The van der Waals surface area contributed by atoms with Crippen LogP contribution in [-0.2, 0) is 9.53 Å². The fraction of sp³-hybridized carbons (Fsp3) is 0.0909. The molecule has 0 amide bonds. The van der Waals surface area contributed by atoms with Gasteiger partial charge in [-0.25, -0.2) is 4.79 Å². The summed E-state index contributed by atoms with van der Waals surface area (Å²) in [6, 6.07) is 20.1. The van der Waals surface area contributed by atoms with E-state index in [1.54, 1.807) is 37.3 Å². The molecule has 8 heteroatoms. The first-order valence-corrected chi connectivity index (χ1v) is 9.80. The molecule has 0 unspecified atom stereocenters. The Kier molecular flexibility index (Phi) is 6.50. The molecule has 30 heavy (non-hydrogen) atoms. The van der Waals surface area contributed by atoms with E-state index in [2.05, 4.69) is 16.2 Å². The Balaban J connectivity index is 2.10. The monoisotopic (exact) mass is 416 g/mol. The van der Waals surface area contributed by atoms with Crippen molar-refractivity contribution in [3.05, 3.63) is 76.6 Å². The molecular formula is C22H16N4O3S. The molecule has 0 saturated carbocycles. The third kappa shape index (κ3) is 4.33. The van der Waals surface area contributed by atoms with Crippen LogP contribution >= 0.6 is 11.3 Å². The summed E-state index contributed by atoms with van der Waals surface area (Å²) in [4.78, 5) is 28.8. The van der Waals surface area contributed by atoms with Crippen LogP contribution in [0.15, 0.2) is 60.7 Å². The van der Waals surface area contributed by atoms with Crippen molar-refractivity contribution in [2.75, 3.05) is 11.9 Å². The van der Waals surface area contributed by atoms with Crippen molar-refractivity contribution in [2.24, 2.45) is 0 Å². The predicted molar refractivity (Wildman–Crippen MR) is 114 cm³/mol. The molecule has 3 rings (SSSR count). The van der Waals surface area contributed by atoms with Crippen molar-refractivity contribution in [3.63, 3.8) is 0 Å². The molecule has 7 nitrogen and oxygen atoms in total. The Labute approximate surface area is 176 Å². The number of Topliss-reactive ketones (excluding diaryl/α,β-unsaturated/α-hetero) is 1. The Morgan fingerprint density at radius 1 is 1.13 bits per heavy atom. The lowest BCUT2D eigenvalue weighted by atomic mass is 10.1. The van der Waals surface area contributed by atoms with E-state index in [0.29, 0.717) is 16.9 Å². The molecule has 0 spiro atoms. The minimum atomic E-state index is -1.01. The summed E-state index contributed by atoms with van der Waals surface area (Å²) in [5.41, 5.74) is 10.7. The lowest BCUT2D eigenvalue weighted by molar-refractivity contribution is -0.139. The smallest absolute Gasteiger partial charge is 0.447 e. The van der Waals surface area contributed by atoms with Crippen LogP contribution in [0.25, 0.3) is 16.0 Å². The van der Waals surface area contributed by atoms with Crippen LogP contribution in [0.1, 0.15) is 22.2 Å². The maximum Gasteiger partial charge on any atom is 0.447 e. The van der Waals surface area contributed by atoms with Crippen LogP contribution in [0, 0.1) is 11.3 Å². The molecule has 1 heterocycles. The van der Waals surface area contributed by atoms with Gasteiger partial charge in [0, 0.05) is 4.88 Å². The second kappa shape index (κ2) is 9.43. The second-order valence-corrected chi connectivity index (χ2v) is 7.05. The number of benzene rings is 2. The molecule has 0 aliphatic heterocycles. The summed E-state index contributed by atoms with van der Waals surface area (Å²) in [6.07, 6.45) is 0. The van der Waals surface area contributed by atoms with Crippen molar-refractivity contribution in [1.29, 1.82) is 5.26 Å². The van der Waals surface area contributed by atoms with Crippen molar-refractivity contribution in [1.82, 2.24) is 0 Å². The SMILES string of the molecule is CCOC(=O)C(=[N+]=[N-])C(=O)c1sc(-c2ccccc2)cc1Nc1ccccc1C#N. The second-order valence-electron chi connectivity index (χ2n) is 6.00. The fourth-order valence-electron chi connectivity index (χ4n) is 2.72. The van der Waals surface area contributed by atoms with E-state index in [0.717, 1.165) is 21.8 Å². The number of nitrogens with one attached hydrogen (secondary N) is 1. The average Bonchev–Trinajstić information content (AvgIpc) is 3.19. The largest absolute Gasteiger partial charge is 0.457 e. The number of ether oxygens (including phenoxy) is 1. The number of nitriles is 1. The van der Waals surface area contributed by atoms with Gasteiger partial charge in [-0.1, -0.05) is 42.5 Å². The number of anilines is 2. The molecule has 3 aromatic rings. The van der Waals surface area contributed by atoms with Gasteiger partial charge >= 0.3 is 11.7 Å². The van der Waals surface area contributed by atoms with Crippen LogP contribution in [0.5, 0.6) is 0 Å². The third-order valence-electron chi connectivity index (χ3n) is 4.10. The van der Waals surface area contributed by atoms with Gasteiger partial charge in [0.05, 0.1) is 23.5 Å². The molecular weight excluding hydrogens is 400 g/mol. The highest BCUT2D eigenvalue weighted by molar-refractivity contribution is 7.19. The Morgan fingerprint density at radius 3 is 2.50 bits per heavy atom. The molecule has 0 bridgehead atoms. The quantitative estimate of drug-likeness (QED) is 0.153. The van der Waals surface area contributed by atoms with Gasteiger partial charge in [0.15, 0.2) is 0 Å². The number of para-hydroxylation sites is 1. The number of hydrogen-bond acceptors (Lipinski definition) is 6. The minimum absolute atomic E-state index is 0.0332. The molecule has 148 valence electrons. The molecule has 0 aliphatic rings. The minimum Gasteiger partial charge on any atom is -0.457 e. The van der Waals surface area contributed by atoms with Gasteiger partial charge in [-0.2, -0.15) is 10.1 Å². The van der Waals surface area contributed by atoms with Crippen LogP contribution < -0.4 is 5.32 Å². The molecule has 0 atom stereocenters. The van der Waals surface area contributed by atoms with Crippen LogP contribution in [-0.4, -0.2) is 28.9 Å². The van der Waals surface area contributed by atoms with Crippen LogP contribution in [0.3, 0.4) is 0 Å². The van der Waals surface area contributed by atoms with E-state index in [4.69, 9.17) is 4.74 Å². The lowest BCUT2D eigenvalue weighted by Gasteiger charge is -2.07. The zero-order valence-corrected chi connectivity index (χ0v) is 16.8. The van der Waals surface area contributed by atoms with E-state index < -0.39 is 17.5 Å². The third-order valence-corrected chi connectivity index (χ3v) is 5.28. The fourth-order valence-corrected chi connectivity index (χ4v) is 3.78. The molecule has 0 fully saturated rings. The standard InChI is InChI=1S/C22H16N4O3S/c1-2-29-22(28)19(26-24)20(27)21-17(25-16-11-7-6-10-15(16)13-23)12-18(30-21)14-8-4-3-5-9-14/h3-12,25H,2H2,1H3. The summed E-state index contributed by atoms with van der Waals surface area (Å²) in [7, 11) is 0. The number of thiophene rings is 1. The van der Waals surface area contributed by atoms with Gasteiger partial charge in [-0.05, 0) is 30.7 Å². The lowest BCUT2D eigenvalue weighted by Crippen LogP contribution is -2.27. The zero-order chi connectivity index (χ0) is 21.5. The molecule has 1 N–H and O–H groups in total. The number of carbonyl (C=O) groups is 2. The maximum atomic E-state index is 13.0. The van der Waals surface area contributed by atoms with Crippen molar-refractivity contribution < 1.29 is 19.1 Å². The molecule has 0 radical (unpaired) electrons. The molecule has 2 aromatic carbocycles. The predicted octanol–water partition coefficient (Wildman–Crippen LogP) is 4.45. The summed E-state index contributed by atoms with van der Waals surface area (Å²) in [6.45, 7) is 1.62. The van der Waals surface area contributed by atoms with Crippen LogP contribution in [0.2, 0.25) is 0 Å². The van der Waals surface area contributed by atoms with Gasteiger partial charge in [0.1, 0.15) is 10.9 Å². The van der Waals surface area contributed by atoms with E-state index in [9.17, 15) is 20.4 Å². The van der Waals surface area contributed by atoms with E-state index in [1.807, 2.05) is 30.3 Å². The molecule has 1 aromatic heterocycles. The Hall–Kier alpha value is -4.05. The first kappa shape index (κ1) is 20.7. The maximum absolute atomic E-state index is 13.0. The average molecular weight is 416 g/mol. The number of esters is 1. The molecule has 0 saturated heterocycles. The molecule has 0 aliphatic carbocycles. The highest BCUT2D eigenvalue weighted by Gasteiger charge is 2.35. The highest BCUT2D eigenvalue weighted by Crippen LogP contribution is 2.37. The normalized spacial score (nSPS) is 9.87. The van der Waals surface area contributed by atoms with Gasteiger partial charge in [-0.3, -0.25) is 4.79 Å². The van der Waals surface area contributed by atoms with Crippen molar-refractivity contribution >= 4 is 40.2 Å². The number of hydrogen-bond donors (Lipinski definition) is 1. The number of carbonyl (C=O) groups excluding carboxylic acids is 2. The van der Waals surface area contributed by atoms with Crippen LogP contribution in [0.4, 0.5) is 11.4 Å². The summed E-state index contributed by atoms with van der Waals surface area (Å²) >= 11 is 1.14. The zero-order valence-electron chi connectivity index (χ0n) is 16.0. The summed E-state index contributed by atoms with van der Waals surface area (Å²) in [5.74, 6) is -1.79. The van der Waals surface area contributed by atoms with Gasteiger partial charge in [-0.15, -0.1) is 11.3 Å². The van der Waals surface area contributed by atoms with E-state index >= 15 is 0 Å². The van der Waals surface area contributed by atoms with Gasteiger partial charge in [0.2, 0.25) is 0 Å². The number of ketones is 1. The number of nitrogens with zero attached hydrogens (tertiary/aromatic N) is 3. The Morgan fingerprint density at radius 2 is 1.83 bits per heavy atom. The first-order valence-electron chi connectivity index (χ1n) is 8.98. The van der Waals surface area contributed by atoms with E-state index in [-0.39, 0.29) is 11.5 Å². The number of rotatable bonds is 7. The van der Waals surface area contributed by atoms with Gasteiger partial charge < -0.3 is 15.6 Å². The Bertz CT molecular complexity index is 1190.